The Bertz CT molecular complexity index is 355. The van der Waals surface area contributed by atoms with Crippen molar-refractivity contribution < 1.29 is 0 Å². The summed E-state index contributed by atoms with van der Waals surface area (Å²) in [6.45, 7) is 0. The lowest BCUT2D eigenvalue weighted by molar-refractivity contribution is 1.10. The van der Waals surface area contributed by atoms with Gasteiger partial charge in [0.25, 0.3) is 0 Å². The first-order valence-corrected chi connectivity index (χ1v) is 2.91. The fourth-order valence-electron chi connectivity index (χ4n) is 0.845. The van der Waals surface area contributed by atoms with Crippen molar-refractivity contribution in [1.29, 1.82) is 0 Å². The Hall–Kier alpha value is -1.32. The van der Waals surface area contributed by atoms with Gasteiger partial charge < -0.3 is 0 Å². The number of nitrogens with zero attached hydrogens (tertiary/aromatic N) is 3. The molecule has 2 heterocycles. The van der Waals surface area contributed by atoms with E-state index in [0.717, 1.165) is 5.65 Å². The summed E-state index contributed by atoms with van der Waals surface area (Å²) >= 11 is 0. The summed E-state index contributed by atoms with van der Waals surface area (Å²) in [4.78, 5) is 0. The van der Waals surface area contributed by atoms with E-state index in [2.05, 4.69) is 10.2 Å². The Morgan fingerprint density at radius 1 is 1.40 bits per heavy atom. The Balaban J connectivity index is 2.86. The lowest BCUT2D eigenvalue weighted by atomic mass is 9.99. The fourth-order valence-corrected chi connectivity index (χ4v) is 0.845. The standard InChI is InChI=1S/C6H4BN3/c7-5-1-2-6-9-8-4-10(6)3-5/h1-4H. The molecule has 0 aliphatic heterocycles. The highest BCUT2D eigenvalue weighted by Gasteiger charge is 1.91. The lowest BCUT2D eigenvalue weighted by Gasteiger charge is -1.91. The largest absolute Gasteiger partial charge is 0.290 e. The maximum atomic E-state index is 5.51. The zero-order chi connectivity index (χ0) is 6.97. The van der Waals surface area contributed by atoms with Crippen molar-refractivity contribution in [2.75, 3.05) is 0 Å². The molecule has 2 radical (unpaired) electrons. The van der Waals surface area contributed by atoms with Crippen molar-refractivity contribution in [3.05, 3.63) is 24.7 Å². The van der Waals surface area contributed by atoms with Crippen LogP contribution in [0.25, 0.3) is 5.65 Å². The van der Waals surface area contributed by atoms with Gasteiger partial charge in [-0.3, -0.25) is 4.40 Å². The topological polar surface area (TPSA) is 30.2 Å². The number of aromatic nitrogens is 3. The molecule has 0 aromatic carbocycles. The smallest absolute Gasteiger partial charge is 0.160 e. The molecule has 0 atom stereocenters. The van der Waals surface area contributed by atoms with Crippen LogP contribution in [0.2, 0.25) is 0 Å². The van der Waals surface area contributed by atoms with Crippen molar-refractivity contribution >= 4 is 19.0 Å². The molecule has 0 N–H and O–H groups in total. The molecule has 0 unspecified atom stereocenters. The number of pyridine rings is 1. The Kier molecular flexibility index (Phi) is 1.00. The molecule has 0 bridgehead atoms. The molecule has 0 amide bonds. The van der Waals surface area contributed by atoms with Crippen LogP contribution in [-0.2, 0) is 0 Å². The number of hydrogen-bond acceptors (Lipinski definition) is 2. The summed E-state index contributed by atoms with van der Waals surface area (Å²) in [5.41, 5.74) is 1.53. The SMILES string of the molecule is [B]c1ccc2nncn2c1. The van der Waals surface area contributed by atoms with Gasteiger partial charge in [-0.1, -0.05) is 11.5 Å². The van der Waals surface area contributed by atoms with Crippen molar-refractivity contribution in [3.8, 4) is 0 Å². The van der Waals surface area contributed by atoms with E-state index in [1.165, 1.54) is 0 Å². The molecular weight excluding hydrogens is 125 g/mol. The van der Waals surface area contributed by atoms with Gasteiger partial charge in [-0.25, -0.2) is 0 Å². The predicted octanol–water partition coefficient (Wildman–Crippen LogP) is -0.477. The molecule has 0 saturated heterocycles. The third-order valence-electron chi connectivity index (χ3n) is 1.31. The number of hydrogen-bond donors (Lipinski definition) is 0. The first kappa shape index (κ1) is 5.47. The second-order valence-corrected chi connectivity index (χ2v) is 2.06. The van der Waals surface area contributed by atoms with Crippen molar-refractivity contribution in [2.24, 2.45) is 0 Å². The molecule has 10 heavy (non-hydrogen) atoms. The first-order valence-electron chi connectivity index (χ1n) is 2.91. The summed E-state index contributed by atoms with van der Waals surface area (Å²) < 4.78 is 1.77. The quantitative estimate of drug-likeness (QED) is 0.450. The molecule has 0 aliphatic carbocycles. The van der Waals surface area contributed by atoms with E-state index in [4.69, 9.17) is 7.85 Å². The van der Waals surface area contributed by atoms with Crippen LogP contribution in [0, 0.1) is 0 Å². The van der Waals surface area contributed by atoms with Gasteiger partial charge in [-0.2, -0.15) is 0 Å². The maximum Gasteiger partial charge on any atom is 0.160 e. The Labute approximate surface area is 59.1 Å². The minimum Gasteiger partial charge on any atom is -0.290 e. The van der Waals surface area contributed by atoms with E-state index in [9.17, 15) is 0 Å². The molecule has 2 aromatic rings. The summed E-state index contributed by atoms with van der Waals surface area (Å²) in [6, 6.07) is 3.62. The minimum atomic E-state index is 0.715. The highest BCUT2D eigenvalue weighted by atomic mass is 15.2. The van der Waals surface area contributed by atoms with Crippen LogP contribution < -0.4 is 5.46 Å². The minimum absolute atomic E-state index is 0.715. The van der Waals surface area contributed by atoms with E-state index >= 15 is 0 Å². The number of fused-ring (bicyclic) bond motifs is 1. The second-order valence-electron chi connectivity index (χ2n) is 2.06. The molecule has 46 valence electrons. The Morgan fingerprint density at radius 3 is 3.20 bits per heavy atom. The van der Waals surface area contributed by atoms with Crippen LogP contribution in [0.3, 0.4) is 0 Å². The van der Waals surface area contributed by atoms with Crippen molar-refractivity contribution in [1.82, 2.24) is 14.6 Å². The average molecular weight is 129 g/mol. The molecule has 2 aromatic heterocycles. The normalized spacial score (nSPS) is 10.4. The monoisotopic (exact) mass is 129 g/mol. The molecule has 4 heteroatoms. The fraction of sp³-hybridized carbons (Fsp3) is 0. The van der Waals surface area contributed by atoms with E-state index in [1.807, 2.05) is 6.07 Å². The van der Waals surface area contributed by atoms with Gasteiger partial charge in [0.05, 0.1) is 0 Å². The average Bonchev–Trinajstić information content (AvgIpc) is 2.33. The van der Waals surface area contributed by atoms with Crippen molar-refractivity contribution in [2.45, 2.75) is 0 Å². The summed E-state index contributed by atoms with van der Waals surface area (Å²) in [7, 11) is 5.51. The van der Waals surface area contributed by atoms with Gasteiger partial charge in [0, 0.05) is 6.20 Å². The summed E-state index contributed by atoms with van der Waals surface area (Å²) in [5.74, 6) is 0. The summed E-state index contributed by atoms with van der Waals surface area (Å²) in [6.07, 6.45) is 3.39. The van der Waals surface area contributed by atoms with Gasteiger partial charge in [0.15, 0.2) is 5.65 Å². The molecule has 0 spiro atoms. The van der Waals surface area contributed by atoms with E-state index in [-0.39, 0.29) is 0 Å². The molecule has 2 rings (SSSR count). The van der Waals surface area contributed by atoms with E-state index < -0.39 is 0 Å². The molecule has 0 saturated carbocycles. The molecule has 0 aliphatic rings. The van der Waals surface area contributed by atoms with Gasteiger partial charge in [0.2, 0.25) is 0 Å². The summed E-state index contributed by atoms with van der Waals surface area (Å²) in [5, 5.41) is 7.52. The molecule has 0 fully saturated rings. The lowest BCUT2D eigenvalue weighted by Crippen LogP contribution is -2.03. The van der Waals surface area contributed by atoms with Gasteiger partial charge in [-0.05, 0) is 6.07 Å². The van der Waals surface area contributed by atoms with Crippen LogP contribution in [0.15, 0.2) is 24.7 Å². The number of rotatable bonds is 0. The van der Waals surface area contributed by atoms with Crippen LogP contribution >= 0.6 is 0 Å². The Morgan fingerprint density at radius 2 is 2.30 bits per heavy atom. The predicted molar refractivity (Wildman–Crippen MR) is 38.4 cm³/mol. The van der Waals surface area contributed by atoms with Gasteiger partial charge >= 0.3 is 0 Å². The maximum absolute atomic E-state index is 5.51. The van der Waals surface area contributed by atoms with Crippen LogP contribution in [0.1, 0.15) is 0 Å². The highest BCUT2D eigenvalue weighted by molar-refractivity contribution is 6.32. The zero-order valence-electron chi connectivity index (χ0n) is 5.23. The van der Waals surface area contributed by atoms with E-state index in [0.29, 0.717) is 5.46 Å². The van der Waals surface area contributed by atoms with Crippen LogP contribution in [0.4, 0.5) is 0 Å². The van der Waals surface area contributed by atoms with Crippen LogP contribution in [-0.4, -0.2) is 22.4 Å². The van der Waals surface area contributed by atoms with Crippen molar-refractivity contribution in [3.63, 3.8) is 0 Å². The second kappa shape index (κ2) is 1.83. The molecule has 3 nitrogen and oxygen atoms in total. The first-order chi connectivity index (χ1) is 4.86. The third-order valence-corrected chi connectivity index (χ3v) is 1.31. The van der Waals surface area contributed by atoms with Gasteiger partial charge in [-0.15, -0.1) is 10.2 Å². The van der Waals surface area contributed by atoms with E-state index in [1.54, 1.807) is 23.0 Å². The zero-order valence-corrected chi connectivity index (χ0v) is 5.23. The molecular formula is C6H4BN3. The highest BCUT2D eigenvalue weighted by Crippen LogP contribution is 1.92. The van der Waals surface area contributed by atoms with Crippen LogP contribution in [0.5, 0.6) is 0 Å². The third kappa shape index (κ3) is 0.691. The van der Waals surface area contributed by atoms with Gasteiger partial charge in [0.1, 0.15) is 14.2 Å².